The number of methoxy groups -OCH3 is 2. The fourth-order valence-corrected chi connectivity index (χ4v) is 2.70. The molecule has 0 saturated carbocycles. The van der Waals surface area contributed by atoms with Gasteiger partial charge in [0.1, 0.15) is 17.2 Å². The van der Waals surface area contributed by atoms with Crippen molar-refractivity contribution < 1.29 is 14.3 Å². The first kappa shape index (κ1) is 19.2. The van der Waals surface area contributed by atoms with Gasteiger partial charge in [-0.1, -0.05) is 18.2 Å². The molecule has 0 unspecified atom stereocenters. The van der Waals surface area contributed by atoms with Crippen LogP contribution >= 0.6 is 0 Å². The van der Waals surface area contributed by atoms with Crippen molar-refractivity contribution in [2.45, 2.75) is 6.42 Å². The molecule has 3 rings (SSSR count). The minimum absolute atomic E-state index is 0.271. The average molecular weight is 377 g/mol. The molecule has 2 aromatic carbocycles. The molecule has 0 radical (unpaired) electrons. The number of hydrogen-bond donors (Lipinski definition) is 2. The highest BCUT2D eigenvalue weighted by Crippen LogP contribution is 2.18. The highest BCUT2D eigenvalue weighted by atomic mass is 16.5. The molecule has 0 saturated heterocycles. The van der Waals surface area contributed by atoms with E-state index in [0.717, 1.165) is 24.4 Å². The molecule has 0 fully saturated rings. The van der Waals surface area contributed by atoms with Crippen LogP contribution in [0.4, 0.5) is 11.4 Å². The van der Waals surface area contributed by atoms with Crippen LogP contribution in [0.25, 0.3) is 0 Å². The molecule has 0 atom stereocenters. The van der Waals surface area contributed by atoms with E-state index in [1.807, 2.05) is 42.5 Å². The largest absolute Gasteiger partial charge is 0.497 e. The standard InChI is InChI=1S/C22H23N3O3/c1-27-19-8-6-16(7-9-19)10-12-23-17-11-13-24-21(15-17)22(26)25-18-4-3-5-20(14-18)28-2/h3-9,11,13-15H,10,12H2,1-2H3,(H,23,24)(H,25,26). The van der Waals surface area contributed by atoms with Gasteiger partial charge in [-0.3, -0.25) is 9.78 Å². The lowest BCUT2D eigenvalue weighted by atomic mass is 10.1. The third-order valence-electron chi connectivity index (χ3n) is 4.22. The van der Waals surface area contributed by atoms with Crippen LogP contribution in [0.15, 0.2) is 66.9 Å². The van der Waals surface area contributed by atoms with Crippen molar-refractivity contribution in [3.05, 3.63) is 78.1 Å². The number of anilines is 2. The summed E-state index contributed by atoms with van der Waals surface area (Å²) in [5.41, 5.74) is 3.05. The molecule has 0 bridgehead atoms. The summed E-state index contributed by atoms with van der Waals surface area (Å²) >= 11 is 0. The molecule has 28 heavy (non-hydrogen) atoms. The zero-order chi connectivity index (χ0) is 19.8. The molecular formula is C22H23N3O3. The summed E-state index contributed by atoms with van der Waals surface area (Å²) in [4.78, 5) is 16.6. The molecule has 0 aliphatic rings. The molecule has 1 heterocycles. The molecule has 1 aromatic heterocycles. The van der Waals surface area contributed by atoms with Crippen molar-refractivity contribution >= 4 is 17.3 Å². The van der Waals surface area contributed by atoms with E-state index in [0.29, 0.717) is 17.1 Å². The first-order chi connectivity index (χ1) is 13.7. The third kappa shape index (κ3) is 5.23. The number of nitrogens with zero attached hydrogens (tertiary/aromatic N) is 1. The highest BCUT2D eigenvalue weighted by Gasteiger charge is 2.09. The van der Waals surface area contributed by atoms with Crippen molar-refractivity contribution in [1.82, 2.24) is 4.98 Å². The smallest absolute Gasteiger partial charge is 0.274 e. The lowest BCUT2D eigenvalue weighted by molar-refractivity contribution is 0.102. The zero-order valence-corrected chi connectivity index (χ0v) is 15.9. The van der Waals surface area contributed by atoms with Crippen LogP contribution in [0, 0.1) is 0 Å². The maximum absolute atomic E-state index is 12.5. The van der Waals surface area contributed by atoms with E-state index in [2.05, 4.69) is 15.6 Å². The highest BCUT2D eigenvalue weighted by molar-refractivity contribution is 6.03. The molecular weight excluding hydrogens is 354 g/mol. The topological polar surface area (TPSA) is 72.5 Å². The van der Waals surface area contributed by atoms with Crippen LogP contribution in [0.5, 0.6) is 11.5 Å². The summed E-state index contributed by atoms with van der Waals surface area (Å²) in [5, 5.41) is 6.16. The quantitative estimate of drug-likeness (QED) is 0.621. The number of pyridine rings is 1. The summed E-state index contributed by atoms with van der Waals surface area (Å²) in [6.45, 7) is 0.743. The maximum atomic E-state index is 12.5. The van der Waals surface area contributed by atoms with E-state index in [-0.39, 0.29) is 5.91 Å². The van der Waals surface area contributed by atoms with Gasteiger partial charge in [0.25, 0.3) is 5.91 Å². The van der Waals surface area contributed by atoms with E-state index in [4.69, 9.17) is 9.47 Å². The van der Waals surface area contributed by atoms with Crippen LogP contribution in [-0.2, 0) is 6.42 Å². The number of amides is 1. The number of rotatable bonds is 8. The lowest BCUT2D eigenvalue weighted by Gasteiger charge is -2.09. The number of ether oxygens (including phenoxy) is 2. The number of hydrogen-bond acceptors (Lipinski definition) is 5. The summed E-state index contributed by atoms with van der Waals surface area (Å²) < 4.78 is 10.3. The van der Waals surface area contributed by atoms with E-state index in [1.54, 1.807) is 38.6 Å². The Bertz CT molecular complexity index is 926. The molecule has 144 valence electrons. The van der Waals surface area contributed by atoms with E-state index >= 15 is 0 Å². The van der Waals surface area contributed by atoms with E-state index in [9.17, 15) is 4.79 Å². The summed E-state index contributed by atoms with van der Waals surface area (Å²) in [6.07, 6.45) is 2.48. The third-order valence-corrected chi connectivity index (χ3v) is 4.22. The maximum Gasteiger partial charge on any atom is 0.274 e. The number of carbonyl (C=O) groups is 1. The molecule has 1 amide bonds. The van der Waals surface area contributed by atoms with Gasteiger partial charge >= 0.3 is 0 Å². The minimum atomic E-state index is -0.271. The van der Waals surface area contributed by atoms with Gasteiger partial charge in [-0.05, 0) is 48.4 Å². The Hall–Kier alpha value is -3.54. The van der Waals surface area contributed by atoms with Gasteiger partial charge < -0.3 is 20.1 Å². The Morgan fingerprint density at radius 2 is 1.71 bits per heavy atom. The molecule has 6 nitrogen and oxygen atoms in total. The van der Waals surface area contributed by atoms with Crippen LogP contribution in [-0.4, -0.2) is 31.7 Å². The molecule has 2 N–H and O–H groups in total. The van der Waals surface area contributed by atoms with Crippen LogP contribution in [0.1, 0.15) is 16.1 Å². The second-order valence-electron chi connectivity index (χ2n) is 6.14. The fraction of sp³-hybridized carbons (Fsp3) is 0.182. The van der Waals surface area contributed by atoms with Crippen molar-refractivity contribution in [2.75, 3.05) is 31.4 Å². The normalized spacial score (nSPS) is 10.2. The fourth-order valence-electron chi connectivity index (χ4n) is 2.70. The second-order valence-corrected chi connectivity index (χ2v) is 6.14. The van der Waals surface area contributed by atoms with Gasteiger partial charge in [-0.2, -0.15) is 0 Å². The molecule has 0 aliphatic heterocycles. The molecule has 0 aliphatic carbocycles. The Balaban J connectivity index is 1.57. The van der Waals surface area contributed by atoms with Crippen molar-refractivity contribution in [3.8, 4) is 11.5 Å². The van der Waals surface area contributed by atoms with E-state index < -0.39 is 0 Å². The summed E-state index contributed by atoms with van der Waals surface area (Å²) in [7, 11) is 3.24. The van der Waals surface area contributed by atoms with Gasteiger partial charge in [-0.15, -0.1) is 0 Å². The van der Waals surface area contributed by atoms with Crippen LogP contribution in [0.3, 0.4) is 0 Å². The van der Waals surface area contributed by atoms with E-state index in [1.165, 1.54) is 5.56 Å². The Kier molecular flexibility index (Phi) is 6.46. The van der Waals surface area contributed by atoms with Gasteiger partial charge in [0.05, 0.1) is 14.2 Å². The first-order valence-corrected chi connectivity index (χ1v) is 8.96. The van der Waals surface area contributed by atoms with Crippen molar-refractivity contribution in [3.63, 3.8) is 0 Å². The van der Waals surface area contributed by atoms with Crippen molar-refractivity contribution in [1.29, 1.82) is 0 Å². The van der Waals surface area contributed by atoms with Gasteiger partial charge in [0.2, 0.25) is 0 Å². The van der Waals surface area contributed by atoms with Crippen LogP contribution < -0.4 is 20.1 Å². The predicted octanol–water partition coefficient (Wildman–Crippen LogP) is 4.01. The number of nitrogens with one attached hydrogen (secondary N) is 2. The zero-order valence-electron chi connectivity index (χ0n) is 15.9. The number of carbonyl (C=O) groups excluding carboxylic acids is 1. The first-order valence-electron chi connectivity index (χ1n) is 8.96. The molecule has 6 heteroatoms. The Morgan fingerprint density at radius 1 is 0.929 bits per heavy atom. The minimum Gasteiger partial charge on any atom is -0.497 e. The molecule has 3 aromatic rings. The van der Waals surface area contributed by atoms with Crippen LogP contribution in [0.2, 0.25) is 0 Å². The Morgan fingerprint density at radius 3 is 2.46 bits per heavy atom. The van der Waals surface area contributed by atoms with Gasteiger partial charge in [-0.25, -0.2) is 0 Å². The molecule has 0 spiro atoms. The lowest BCUT2D eigenvalue weighted by Crippen LogP contribution is -2.14. The summed E-state index contributed by atoms with van der Waals surface area (Å²) in [6, 6.07) is 18.8. The number of aromatic nitrogens is 1. The van der Waals surface area contributed by atoms with Crippen molar-refractivity contribution in [2.24, 2.45) is 0 Å². The summed E-state index contributed by atoms with van der Waals surface area (Å²) in [5.74, 6) is 1.25. The average Bonchev–Trinajstić information content (AvgIpc) is 2.74. The Labute approximate surface area is 164 Å². The second kappa shape index (κ2) is 9.41. The SMILES string of the molecule is COc1ccc(CCNc2ccnc(C(=O)Nc3cccc(OC)c3)c2)cc1. The number of benzene rings is 2. The predicted molar refractivity (Wildman–Crippen MR) is 110 cm³/mol. The monoisotopic (exact) mass is 377 g/mol. The van der Waals surface area contributed by atoms with Gasteiger partial charge in [0, 0.05) is 30.2 Å². The van der Waals surface area contributed by atoms with Gasteiger partial charge in [0.15, 0.2) is 0 Å².